The summed E-state index contributed by atoms with van der Waals surface area (Å²) in [6.45, 7) is -1.43. The molecule has 82 valence electrons. The lowest BCUT2D eigenvalue weighted by atomic mass is 10.1. The van der Waals surface area contributed by atoms with E-state index in [2.05, 4.69) is 0 Å². The van der Waals surface area contributed by atoms with Gasteiger partial charge in [0, 0.05) is 11.8 Å². The van der Waals surface area contributed by atoms with Crippen LogP contribution in [0.1, 0.15) is 29.4 Å². The monoisotopic (exact) mass is 217 g/mol. The Kier molecular flexibility index (Phi) is 3.18. The van der Waals surface area contributed by atoms with E-state index in [-0.39, 0.29) is 22.1 Å². The van der Waals surface area contributed by atoms with Crippen molar-refractivity contribution in [3.8, 4) is 0 Å². The molecule has 0 fully saturated rings. The Balaban J connectivity index is 3.45. The number of hydrogen-bond donors (Lipinski definition) is 1. The molecule has 0 aromatic carbocycles. The molecule has 0 aliphatic carbocycles. The van der Waals surface area contributed by atoms with E-state index in [1.165, 1.54) is 0 Å². The Morgan fingerprint density at radius 2 is 2.20 bits per heavy atom. The van der Waals surface area contributed by atoms with Gasteiger partial charge in [0.25, 0.3) is 5.56 Å². The average Bonchev–Trinajstić information content (AvgIpc) is 2.17. The number of aromatic nitrogens is 1. The zero-order chi connectivity index (χ0) is 11.6. The van der Waals surface area contributed by atoms with Gasteiger partial charge in [-0.25, -0.2) is 4.79 Å². The fourth-order valence-electron chi connectivity index (χ4n) is 1.18. The summed E-state index contributed by atoms with van der Waals surface area (Å²) < 4.78 is 24.8. The normalized spacial score (nSPS) is 10.7. The Labute approximate surface area is 83.8 Å². The summed E-state index contributed by atoms with van der Waals surface area (Å²) in [7, 11) is 0. The molecule has 1 N–H and O–H groups in total. The zero-order valence-corrected chi connectivity index (χ0v) is 7.91. The molecule has 0 saturated heterocycles. The molecule has 0 saturated carbocycles. The molecule has 1 aromatic heterocycles. The molecule has 0 unspecified atom stereocenters. The first-order valence-corrected chi connectivity index (χ1v) is 4.23. The maximum atomic E-state index is 12.4. The smallest absolute Gasteiger partial charge is 0.337 e. The predicted octanol–water partition coefficient (Wildman–Crippen LogP) is 1.50. The van der Waals surface area contributed by atoms with E-state index in [1.807, 2.05) is 0 Å². The van der Waals surface area contributed by atoms with Gasteiger partial charge in [0.15, 0.2) is 0 Å². The van der Waals surface area contributed by atoms with Crippen LogP contribution in [0.4, 0.5) is 8.78 Å². The minimum Gasteiger partial charge on any atom is -0.478 e. The first-order valence-electron chi connectivity index (χ1n) is 4.23. The number of rotatable bonds is 3. The first-order chi connectivity index (χ1) is 6.97. The van der Waals surface area contributed by atoms with Crippen molar-refractivity contribution in [1.82, 2.24) is 4.57 Å². The van der Waals surface area contributed by atoms with Crippen LogP contribution in [0.2, 0.25) is 0 Å². The number of carbonyl (C=O) groups is 1. The van der Waals surface area contributed by atoms with Gasteiger partial charge < -0.3 is 5.11 Å². The lowest BCUT2D eigenvalue weighted by molar-refractivity contribution is 0.0633. The van der Waals surface area contributed by atoms with Crippen molar-refractivity contribution in [3.63, 3.8) is 0 Å². The van der Waals surface area contributed by atoms with Crippen LogP contribution in [0.3, 0.4) is 0 Å². The van der Waals surface area contributed by atoms with Gasteiger partial charge in [0.1, 0.15) is 0 Å². The highest BCUT2D eigenvalue weighted by Gasteiger charge is 2.15. The number of nitrogens with zero attached hydrogens (tertiary/aromatic N) is 1. The minimum atomic E-state index is -3.03. The van der Waals surface area contributed by atoms with E-state index in [4.69, 9.17) is 5.11 Å². The molecule has 0 aliphatic rings. The van der Waals surface area contributed by atoms with Crippen LogP contribution in [-0.4, -0.2) is 15.6 Å². The Morgan fingerprint density at radius 3 is 2.60 bits per heavy atom. The fraction of sp³-hybridized carbons (Fsp3) is 0.333. The van der Waals surface area contributed by atoms with Gasteiger partial charge in [0.05, 0.1) is 5.56 Å². The lowest BCUT2D eigenvalue weighted by Crippen LogP contribution is -2.25. The van der Waals surface area contributed by atoms with Crippen molar-refractivity contribution in [3.05, 3.63) is 33.7 Å². The highest BCUT2D eigenvalue weighted by atomic mass is 19.3. The van der Waals surface area contributed by atoms with E-state index < -0.39 is 18.1 Å². The van der Waals surface area contributed by atoms with E-state index in [1.54, 1.807) is 6.92 Å². The van der Waals surface area contributed by atoms with Crippen molar-refractivity contribution < 1.29 is 18.7 Å². The third kappa shape index (κ3) is 2.20. The Bertz CT molecular complexity index is 439. The van der Waals surface area contributed by atoms with Crippen LogP contribution < -0.4 is 5.56 Å². The molecule has 4 nitrogen and oxygen atoms in total. The minimum absolute atomic E-state index is 0.0650. The van der Waals surface area contributed by atoms with Gasteiger partial charge in [-0.2, -0.15) is 8.78 Å². The summed E-state index contributed by atoms with van der Waals surface area (Å²) in [4.78, 5) is 21.9. The van der Waals surface area contributed by atoms with Gasteiger partial charge >= 0.3 is 12.5 Å². The molecule has 15 heavy (non-hydrogen) atoms. The molecule has 6 heteroatoms. The van der Waals surface area contributed by atoms with E-state index in [0.29, 0.717) is 6.20 Å². The fourth-order valence-corrected chi connectivity index (χ4v) is 1.18. The Hall–Kier alpha value is -1.72. The van der Waals surface area contributed by atoms with Gasteiger partial charge in [-0.3, -0.25) is 9.36 Å². The van der Waals surface area contributed by atoms with Crippen molar-refractivity contribution in [2.75, 3.05) is 0 Å². The van der Waals surface area contributed by atoms with Crippen molar-refractivity contribution in [2.24, 2.45) is 0 Å². The maximum absolute atomic E-state index is 12.4. The number of carboxylic acids is 1. The van der Waals surface area contributed by atoms with Gasteiger partial charge in [-0.1, -0.05) is 6.92 Å². The quantitative estimate of drug-likeness (QED) is 0.834. The molecule has 0 bridgehead atoms. The number of carboxylic acid groups (broad SMARTS) is 1. The van der Waals surface area contributed by atoms with Gasteiger partial charge in [0.2, 0.25) is 0 Å². The Morgan fingerprint density at radius 1 is 1.60 bits per heavy atom. The zero-order valence-electron chi connectivity index (χ0n) is 7.91. The lowest BCUT2D eigenvalue weighted by Gasteiger charge is -2.07. The third-order valence-corrected chi connectivity index (χ3v) is 1.96. The number of aryl methyl sites for hydroxylation is 1. The highest BCUT2D eigenvalue weighted by Crippen LogP contribution is 2.10. The van der Waals surface area contributed by atoms with Crippen LogP contribution >= 0.6 is 0 Å². The van der Waals surface area contributed by atoms with Crippen molar-refractivity contribution >= 4 is 5.97 Å². The third-order valence-electron chi connectivity index (χ3n) is 1.96. The van der Waals surface area contributed by atoms with Gasteiger partial charge in [-0.15, -0.1) is 0 Å². The average molecular weight is 217 g/mol. The largest absolute Gasteiger partial charge is 0.478 e. The molecule has 1 rings (SSSR count). The SMILES string of the molecule is CCc1cc(C(=O)O)cn(C(F)F)c1=O. The predicted molar refractivity (Wildman–Crippen MR) is 48.3 cm³/mol. The van der Waals surface area contributed by atoms with E-state index in [0.717, 1.165) is 6.07 Å². The van der Waals surface area contributed by atoms with Crippen LogP contribution in [-0.2, 0) is 6.42 Å². The maximum Gasteiger partial charge on any atom is 0.337 e. The second kappa shape index (κ2) is 4.20. The highest BCUT2D eigenvalue weighted by molar-refractivity contribution is 5.87. The molecule has 0 atom stereocenters. The molecule has 0 radical (unpaired) electrons. The molecule has 0 aliphatic heterocycles. The molecule has 0 spiro atoms. The molecule has 0 amide bonds. The standard InChI is InChI=1S/C9H9F2NO3/c1-2-5-3-6(8(14)15)4-12(7(5)13)9(10)11/h3-4,9H,2H2,1H3,(H,14,15). The van der Waals surface area contributed by atoms with Crippen LogP contribution in [0, 0.1) is 0 Å². The summed E-state index contributed by atoms with van der Waals surface area (Å²) in [5.74, 6) is -1.33. The topological polar surface area (TPSA) is 59.3 Å². The second-order valence-corrected chi connectivity index (χ2v) is 2.90. The molecule has 1 heterocycles. The van der Waals surface area contributed by atoms with E-state index >= 15 is 0 Å². The molecule has 1 aromatic rings. The first kappa shape index (κ1) is 11.4. The van der Waals surface area contributed by atoms with Crippen LogP contribution in [0.15, 0.2) is 17.1 Å². The summed E-state index contributed by atoms with van der Waals surface area (Å²) in [5.41, 5.74) is -1.10. The number of hydrogen-bond acceptors (Lipinski definition) is 2. The number of alkyl halides is 2. The summed E-state index contributed by atoms with van der Waals surface area (Å²) in [6, 6.07) is 1.11. The second-order valence-electron chi connectivity index (χ2n) is 2.90. The number of pyridine rings is 1. The van der Waals surface area contributed by atoms with E-state index in [9.17, 15) is 18.4 Å². The summed E-state index contributed by atoms with van der Waals surface area (Å²) >= 11 is 0. The van der Waals surface area contributed by atoms with Crippen LogP contribution in [0.25, 0.3) is 0 Å². The molecular formula is C9H9F2NO3. The number of aromatic carboxylic acids is 1. The van der Waals surface area contributed by atoms with Crippen molar-refractivity contribution in [2.45, 2.75) is 19.9 Å². The van der Waals surface area contributed by atoms with Gasteiger partial charge in [-0.05, 0) is 12.5 Å². The van der Waals surface area contributed by atoms with Crippen LogP contribution in [0.5, 0.6) is 0 Å². The summed E-state index contributed by atoms with van der Waals surface area (Å²) in [5, 5.41) is 8.64. The van der Waals surface area contributed by atoms with Crippen molar-refractivity contribution in [1.29, 1.82) is 0 Å². The molecular weight excluding hydrogens is 208 g/mol. The number of halogens is 2. The summed E-state index contributed by atoms with van der Waals surface area (Å²) in [6.07, 6.45) is 0.862.